The number of unbranched alkanes of at least 4 members (excludes halogenated alkanes) is 15. The largest absolute Gasteiger partial charge is 0.395 e. The highest BCUT2D eigenvalue weighted by Crippen LogP contribution is 2.28. The fourth-order valence-corrected chi connectivity index (χ4v) is 9.37. The molecule has 13 nitrogen and oxygen atoms in total. The Kier molecular flexibility index (Phi) is 63.4. The molecule has 2 rings (SSSR count). The van der Waals surface area contributed by atoms with Crippen molar-refractivity contribution in [2.24, 2.45) is 0 Å². The highest BCUT2D eigenvalue weighted by Gasteiger charge is 2.25. The Hall–Kier alpha value is -0.520. The molecule has 2 aliphatic carbocycles. The smallest absolute Gasteiger partial charge is 0.0700 e. The molecule has 2 aliphatic rings. The lowest BCUT2D eigenvalue weighted by Gasteiger charge is -2.39. The number of nitrogens with zero attached hydrogens (tertiary/aromatic N) is 4. The quantitative estimate of drug-likeness (QED) is 0.0501. The highest BCUT2D eigenvalue weighted by atomic mass is 16.5. The average molecular weight is 1020 g/mol. The van der Waals surface area contributed by atoms with Gasteiger partial charge in [-0.15, -0.1) is 0 Å². The maximum Gasteiger partial charge on any atom is 0.0700 e. The minimum Gasteiger partial charge on any atom is -0.395 e. The first-order valence-electron chi connectivity index (χ1n) is 29.8. The molecule has 0 saturated heterocycles. The average Bonchev–Trinajstić information content (AvgIpc) is 3.39. The summed E-state index contributed by atoms with van der Waals surface area (Å²) in [5, 5.41) is 25.5. The fourth-order valence-electron chi connectivity index (χ4n) is 9.37. The number of aliphatic hydroxyl groups is 3. The zero-order valence-electron chi connectivity index (χ0n) is 48.4. The van der Waals surface area contributed by atoms with Crippen LogP contribution in [0.15, 0.2) is 0 Å². The monoisotopic (exact) mass is 1020 g/mol. The van der Waals surface area contributed by atoms with Gasteiger partial charge in [0, 0.05) is 72.7 Å². The van der Waals surface area contributed by atoms with Gasteiger partial charge >= 0.3 is 0 Å². The van der Waals surface area contributed by atoms with Gasteiger partial charge in [-0.05, 0) is 71.6 Å². The number of hydrogen-bond acceptors (Lipinski definition) is 13. The number of methoxy groups -OCH3 is 3. The predicted octanol–water partition coefficient (Wildman–Crippen LogP) is 10.5. The van der Waals surface area contributed by atoms with Crippen LogP contribution in [-0.4, -0.2) is 214 Å². The van der Waals surface area contributed by atoms with Crippen LogP contribution < -0.4 is 0 Å². The third-order valence-corrected chi connectivity index (χ3v) is 14.0. The Morgan fingerprint density at radius 1 is 0.324 bits per heavy atom. The second-order valence-electron chi connectivity index (χ2n) is 20.1. The lowest BCUT2D eigenvalue weighted by molar-refractivity contribution is 0.0223. The van der Waals surface area contributed by atoms with Crippen LogP contribution in [0.25, 0.3) is 0 Å². The maximum absolute atomic E-state index is 8.48. The third kappa shape index (κ3) is 52.7. The van der Waals surface area contributed by atoms with Gasteiger partial charge in [0.2, 0.25) is 0 Å². The molecule has 13 heteroatoms. The van der Waals surface area contributed by atoms with Gasteiger partial charge in [0.05, 0.1) is 79.3 Å². The van der Waals surface area contributed by atoms with Gasteiger partial charge in [-0.3, -0.25) is 9.80 Å². The van der Waals surface area contributed by atoms with E-state index in [1.807, 2.05) is 0 Å². The van der Waals surface area contributed by atoms with Crippen molar-refractivity contribution in [3.05, 3.63) is 0 Å². The van der Waals surface area contributed by atoms with E-state index in [9.17, 15) is 0 Å². The molecule has 2 fully saturated rings. The number of aliphatic hydroxyl groups excluding tert-OH is 3. The Morgan fingerprint density at radius 2 is 0.592 bits per heavy atom. The van der Waals surface area contributed by atoms with E-state index in [0.29, 0.717) is 79.1 Å². The number of hydrogen-bond donors (Lipinski definition) is 3. The summed E-state index contributed by atoms with van der Waals surface area (Å²) in [6.07, 6.45) is 40.4. The minimum absolute atomic E-state index is 0.0694. The third-order valence-electron chi connectivity index (χ3n) is 14.0. The Labute approximate surface area is 441 Å². The van der Waals surface area contributed by atoms with E-state index in [1.165, 1.54) is 199 Å². The molecule has 0 spiro atoms. The summed E-state index contributed by atoms with van der Waals surface area (Å²) in [4.78, 5) is 9.57. The summed E-state index contributed by atoms with van der Waals surface area (Å²) in [6.45, 7) is 21.1. The molecular formula is C58H124N4O9. The Balaban J connectivity index is 0. The maximum atomic E-state index is 8.48. The summed E-state index contributed by atoms with van der Waals surface area (Å²) >= 11 is 0. The first-order chi connectivity index (χ1) is 34.9. The van der Waals surface area contributed by atoms with Crippen molar-refractivity contribution >= 4 is 0 Å². The lowest BCUT2D eigenvalue weighted by Crippen LogP contribution is -2.42. The van der Waals surface area contributed by atoms with Gasteiger partial charge in [-0.2, -0.15) is 0 Å². The summed E-state index contributed by atoms with van der Waals surface area (Å²) in [7, 11) is 7.39. The van der Waals surface area contributed by atoms with Crippen molar-refractivity contribution in [3.8, 4) is 0 Å². The van der Waals surface area contributed by atoms with E-state index < -0.39 is 0 Å². The van der Waals surface area contributed by atoms with Gasteiger partial charge in [0.25, 0.3) is 0 Å². The minimum atomic E-state index is 0.0694. The van der Waals surface area contributed by atoms with Crippen LogP contribution in [-0.2, 0) is 28.4 Å². The molecule has 3 N–H and O–H groups in total. The molecule has 0 heterocycles. The second kappa shape index (κ2) is 62.0. The van der Waals surface area contributed by atoms with Gasteiger partial charge in [0.1, 0.15) is 0 Å². The van der Waals surface area contributed by atoms with E-state index >= 15 is 0 Å². The van der Waals surface area contributed by atoms with Crippen LogP contribution >= 0.6 is 0 Å². The van der Waals surface area contributed by atoms with Gasteiger partial charge in [-0.25, -0.2) is 0 Å². The molecule has 0 atom stereocenters. The van der Waals surface area contributed by atoms with Crippen LogP contribution in [0, 0.1) is 0 Å². The molecule has 71 heavy (non-hydrogen) atoms. The first kappa shape index (κ1) is 72.6. The van der Waals surface area contributed by atoms with Crippen molar-refractivity contribution in [1.29, 1.82) is 0 Å². The van der Waals surface area contributed by atoms with Gasteiger partial charge in [-0.1, -0.05) is 156 Å². The standard InChI is InChI=1S/C24H51N.C15H33NO6.C13H25N.C6H15NO3/c1-4-7-10-13-16-19-22-25(23-20-17-14-11-8-5-2)24-21-18-15-12-9-6-3;1-17-10-13-20-7-4-16(5-8-21-14-11-18-2)6-9-22-15-12-19-3;1-14(12-8-4-2-5-9-12)13-10-6-3-7-11-13;8-4-1-7(2-5-9)3-6-10/h4-24H2,1-3H3;4-15H2,1-3H3;12-13H,2-11H2,1H3;8-10H,1-6H2. The number of ether oxygens (including phenoxy) is 6. The Bertz CT molecular complexity index is 848. The first-order valence-corrected chi connectivity index (χ1v) is 29.8. The van der Waals surface area contributed by atoms with E-state index in [2.05, 4.69) is 42.5 Å². The number of rotatable bonds is 47. The van der Waals surface area contributed by atoms with Crippen LogP contribution in [0.3, 0.4) is 0 Å². The van der Waals surface area contributed by atoms with Crippen molar-refractivity contribution in [3.63, 3.8) is 0 Å². The topological polar surface area (TPSA) is 129 Å². The van der Waals surface area contributed by atoms with E-state index in [4.69, 9.17) is 43.7 Å². The van der Waals surface area contributed by atoms with Crippen LogP contribution in [0.4, 0.5) is 0 Å². The van der Waals surface area contributed by atoms with E-state index in [1.54, 1.807) is 26.2 Å². The van der Waals surface area contributed by atoms with E-state index in [0.717, 1.165) is 31.7 Å². The van der Waals surface area contributed by atoms with Gasteiger partial charge < -0.3 is 53.5 Å². The normalized spacial score (nSPS) is 14.5. The SMILES string of the molecule is CCCCCCCCN(CCCCCCCC)CCCCCCCC.CN(C1CCCCC1)C1CCCCC1.COCCOCCN(CCOCCOC)CCOCCOC.OCCN(CCO)CCO. The molecule has 0 unspecified atom stereocenters. The second-order valence-corrected chi connectivity index (χ2v) is 20.1. The summed E-state index contributed by atoms with van der Waals surface area (Å²) in [5.74, 6) is 0. The molecule has 0 radical (unpaired) electrons. The van der Waals surface area contributed by atoms with Crippen LogP contribution in [0.2, 0.25) is 0 Å². The van der Waals surface area contributed by atoms with Crippen molar-refractivity contribution < 1.29 is 43.7 Å². The van der Waals surface area contributed by atoms with Gasteiger partial charge in [0.15, 0.2) is 0 Å². The molecule has 2 saturated carbocycles. The van der Waals surface area contributed by atoms with Crippen molar-refractivity contribution in [2.75, 3.05) is 167 Å². The van der Waals surface area contributed by atoms with Crippen LogP contribution in [0.5, 0.6) is 0 Å². The molecule has 0 aromatic rings. The molecule has 0 aromatic carbocycles. The zero-order valence-corrected chi connectivity index (χ0v) is 48.4. The lowest BCUT2D eigenvalue weighted by atomic mass is 9.89. The molecule has 0 aliphatic heterocycles. The summed E-state index contributed by atoms with van der Waals surface area (Å²) in [6, 6.07) is 1.85. The summed E-state index contributed by atoms with van der Waals surface area (Å²) < 4.78 is 31.4. The van der Waals surface area contributed by atoms with Crippen molar-refractivity contribution in [1.82, 2.24) is 19.6 Å². The molecule has 430 valence electrons. The zero-order chi connectivity index (χ0) is 52.4. The van der Waals surface area contributed by atoms with Crippen LogP contribution in [0.1, 0.15) is 201 Å². The molecule has 0 aromatic heterocycles. The molecule has 0 amide bonds. The Morgan fingerprint density at radius 3 is 0.873 bits per heavy atom. The highest BCUT2D eigenvalue weighted by molar-refractivity contribution is 4.81. The predicted molar refractivity (Wildman–Crippen MR) is 300 cm³/mol. The summed E-state index contributed by atoms with van der Waals surface area (Å²) in [5.41, 5.74) is 0. The fraction of sp³-hybridized carbons (Fsp3) is 1.00. The molecule has 0 bridgehead atoms. The van der Waals surface area contributed by atoms with E-state index in [-0.39, 0.29) is 19.8 Å². The van der Waals surface area contributed by atoms with Crippen molar-refractivity contribution in [2.45, 2.75) is 213 Å². The molecular weight excluding hydrogens is 897 g/mol.